The van der Waals surface area contributed by atoms with Crippen molar-refractivity contribution in [1.29, 1.82) is 0 Å². The Labute approximate surface area is 119 Å². The zero-order valence-electron chi connectivity index (χ0n) is 11.6. The third-order valence-corrected chi connectivity index (χ3v) is 4.42. The molecule has 0 saturated carbocycles. The zero-order chi connectivity index (χ0) is 14.1. The minimum Gasteiger partial charge on any atom is -0.333 e. The highest BCUT2D eigenvalue weighted by Crippen LogP contribution is 2.29. The summed E-state index contributed by atoms with van der Waals surface area (Å²) in [6, 6.07) is 8.25. The van der Waals surface area contributed by atoms with E-state index in [1.54, 1.807) is 0 Å². The van der Waals surface area contributed by atoms with Crippen LogP contribution in [0.25, 0.3) is 0 Å². The number of piperidine rings is 1. The standard InChI is InChI=1S/C15H22N4O/c16-11-5-7-19(8-6-11)15(20)18-13-9-10-3-1-2-4-12(10)14(13)17/h1-4,11,13-14H,5-9,16-17H2,(H,18,20)/t13-,14-/m1/s1. The van der Waals surface area contributed by atoms with Crippen LogP contribution in [0.2, 0.25) is 0 Å². The predicted octanol–water partition coefficient (Wildman–Crippen LogP) is 0.744. The molecule has 1 aliphatic carbocycles. The van der Waals surface area contributed by atoms with Crippen molar-refractivity contribution < 1.29 is 4.79 Å². The molecule has 5 heteroatoms. The van der Waals surface area contributed by atoms with Crippen molar-refractivity contribution in [2.75, 3.05) is 13.1 Å². The summed E-state index contributed by atoms with van der Waals surface area (Å²) in [6.45, 7) is 1.48. The highest BCUT2D eigenvalue weighted by Gasteiger charge is 2.32. The molecule has 108 valence electrons. The van der Waals surface area contributed by atoms with Gasteiger partial charge in [0.25, 0.3) is 0 Å². The van der Waals surface area contributed by atoms with Gasteiger partial charge < -0.3 is 21.7 Å². The van der Waals surface area contributed by atoms with E-state index in [1.807, 2.05) is 23.1 Å². The third kappa shape index (κ3) is 2.51. The second-order valence-electron chi connectivity index (χ2n) is 5.81. The molecule has 0 unspecified atom stereocenters. The zero-order valence-corrected chi connectivity index (χ0v) is 11.6. The largest absolute Gasteiger partial charge is 0.333 e. The van der Waals surface area contributed by atoms with Crippen LogP contribution in [0.5, 0.6) is 0 Å². The summed E-state index contributed by atoms with van der Waals surface area (Å²) in [6.07, 6.45) is 2.57. The van der Waals surface area contributed by atoms with Gasteiger partial charge in [-0.15, -0.1) is 0 Å². The number of nitrogens with two attached hydrogens (primary N) is 2. The summed E-state index contributed by atoms with van der Waals surface area (Å²) in [5.74, 6) is 0. The van der Waals surface area contributed by atoms with E-state index in [0.29, 0.717) is 0 Å². The molecule has 1 fully saturated rings. The molecule has 20 heavy (non-hydrogen) atoms. The fourth-order valence-electron chi connectivity index (χ4n) is 3.12. The van der Waals surface area contributed by atoms with Crippen LogP contribution < -0.4 is 16.8 Å². The topological polar surface area (TPSA) is 84.4 Å². The molecule has 5 N–H and O–H groups in total. The van der Waals surface area contributed by atoms with Gasteiger partial charge in [-0.25, -0.2) is 4.79 Å². The number of fused-ring (bicyclic) bond motifs is 1. The summed E-state index contributed by atoms with van der Waals surface area (Å²) in [7, 11) is 0. The minimum absolute atomic E-state index is 0.00417. The molecule has 1 aromatic carbocycles. The van der Waals surface area contributed by atoms with Gasteiger partial charge in [-0.3, -0.25) is 0 Å². The maximum atomic E-state index is 12.3. The molecule has 0 aromatic heterocycles. The minimum atomic E-state index is -0.109. The Morgan fingerprint density at radius 3 is 2.60 bits per heavy atom. The van der Waals surface area contributed by atoms with E-state index in [2.05, 4.69) is 11.4 Å². The number of benzene rings is 1. The first-order valence-corrected chi connectivity index (χ1v) is 7.29. The number of nitrogens with zero attached hydrogens (tertiary/aromatic N) is 1. The Morgan fingerprint density at radius 2 is 1.90 bits per heavy atom. The Balaban J connectivity index is 1.61. The van der Waals surface area contributed by atoms with Gasteiger partial charge in [-0.2, -0.15) is 0 Å². The lowest BCUT2D eigenvalue weighted by atomic mass is 10.1. The van der Waals surface area contributed by atoms with E-state index in [4.69, 9.17) is 11.5 Å². The fourth-order valence-corrected chi connectivity index (χ4v) is 3.12. The van der Waals surface area contributed by atoms with Crippen LogP contribution in [0.1, 0.15) is 30.0 Å². The van der Waals surface area contributed by atoms with Gasteiger partial charge in [-0.1, -0.05) is 24.3 Å². The lowest BCUT2D eigenvalue weighted by molar-refractivity contribution is 0.177. The highest BCUT2D eigenvalue weighted by molar-refractivity contribution is 5.75. The van der Waals surface area contributed by atoms with Crippen LogP contribution in [-0.4, -0.2) is 36.1 Å². The Kier molecular flexibility index (Phi) is 3.63. The number of amides is 2. The molecule has 0 radical (unpaired) electrons. The Morgan fingerprint density at radius 1 is 1.20 bits per heavy atom. The van der Waals surface area contributed by atoms with E-state index in [1.165, 1.54) is 5.56 Å². The number of hydrogen-bond donors (Lipinski definition) is 3. The number of carbonyl (C=O) groups excluding carboxylic acids is 1. The van der Waals surface area contributed by atoms with Crippen LogP contribution in [0.15, 0.2) is 24.3 Å². The fraction of sp³-hybridized carbons (Fsp3) is 0.533. The Bertz CT molecular complexity index is 496. The van der Waals surface area contributed by atoms with Gasteiger partial charge in [0.2, 0.25) is 0 Å². The number of likely N-dealkylation sites (tertiary alicyclic amines) is 1. The second kappa shape index (κ2) is 5.42. The molecule has 1 aromatic rings. The first kappa shape index (κ1) is 13.4. The lowest BCUT2D eigenvalue weighted by Gasteiger charge is -2.31. The van der Waals surface area contributed by atoms with Crippen LogP contribution in [-0.2, 0) is 6.42 Å². The van der Waals surface area contributed by atoms with Crippen molar-refractivity contribution in [3.8, 4) is 0 Å². The monoisotopic (exact) mass is 274 g/mol. The quantitative estimate of drug-likeness (QED) is 0.706. The molecule has 2 amide bonds. The van der Waals surface area contributed by atoms with Gasteiger partial charge in [-0.05, 0) is 30.4 Å². The first-order chi connectivity index (χ1) is 9.65. The van der Waals surface area contributed by atoms with Gasteiger partial charge in [0.1, 0.15) is 0 Å². The summed E-state index contributed by atoms with van der Waals surface area (Å²) < 4.78 is 0. The van der Waals surface area contributed by atoms with Gasteiger partial charge >= 0.3 is 6.03 Å². The van der Waals surface area contributed by atoms with Crippen molar-refractivity contribution in [3.05, 3.63) is 35.4 Å². The normalized spacial score (nSPS) is 26.4. The van der Waals surface area contributed by atoms with Gasteiger partial charge in [0.15, 0.2) is 0 Å². The first-order valence-electron chi connectivity index (χ1n) is 7.29. The average Bonchev–Trinajstić information content (AvgIpc) is 2.77. The second-order valence-corrected chi connectivity index (χ2v) is 5.81. The van der Waals surface area contributed by atoms with Gasteiger partial charge in [0, 0.05) is 19.1 Å². The summed E-state index contributed by atoms with van der Waals surface area (Å²) >= 11 is 0. The average molecular weight is 274 g/mol. The van der Waals surface area contributed by atoms with Crippen molar-refractivity contribution in [3.63, 3.8) is 0 Å². The van der Waals surface area contributed by atoms with Crippen LogP contribution in [0.3, 0.4) is 0 Å². The molecule has 2 aliphatic rings. The third-order valence-electron chi connectivity index (χ3n) is 4.42. The van der Waals surface area contributed by atoms with Crippen LogP contribution in [0.4, 0.5) is 4.79 Å². The smallest absolute Gasteiger partial charge is 0.317 e. The molecule has 0 bridgehead atoms. The van der Waals surface area contributed by atoms with E-state index in [-0.39, 0.29) is 24.2 Å². The maximum Gasteiger partial charge on any atom is 0.317 e. The summed E-state index contributed by atoms with van der Waals surface area (Å²) in [5, 5.41) is 3.08. The molecule has 3 rings (SSSR count). The van der Waals surface area contributed by atoms with Crippen molar-refractivity contribution in [1.82, 2.24) is 10.2 Å². The maximum absolute atomic E-state index is 12.3. The van der Waals surface area contributed by atoms with Gasteiger partial charge in [0.05, 0.1) is 12.1 Å². The number of carbonyl (C=O) groups is 1. The molecule has 2 atom stereocenters. The SMILES string of the molecule is NC1CCN(C(=O)N[C@@H]2Cc3ccccc3[C@H]2N)CC1. The summed E-state index contributed by atoms with van der Waals surface area (Å²) in [5.41, 5.74) is 14.5. The molecule has 0 spiro atoms. The van der Waals surface area contributed by atoms with E-state index < -0.39 is 0 Å². The number of nitrogens with one attached hydrogen (secondary N) is 1. The summed E-state index contributed by atoms with van der Waals surface area (Å²) in [4.78, 5) is 14.1. The van der Waals surface area contributed by atoms with Crippen LogP contribution in [0, 0.1) is 0 Å². The molecular weight excluding hydrogens is 252 g/mol. The molecular formula is C15H22N4O. The Hall–Kier alpha value is -1.59. The number of hydrogen-bond acceptors (Lipinski definition) is 3. The van der Waals surface area contributed by atoms with E-state index in [9.17, 15) is 4.79 Å². The molecule has 1 heterocycles. The number of urea groups is 1. The highest BCUT2D eigenvalue weighted by atomic mass is 16.2. The van der Waals surface area contributed by atoms with Crippen LogP contribution >= 0.6 is 0 Å². The predicted molar refractivity (Wildman–Crippen MR) is 78.2 cm³/mol. The molecule has 1 saturated heterocycles. The number of rotatable bonds is 1. The van der Waals surface area contributed by atoms with Crippen molar-refractivity contribution in [2.24, 2.45) is 11.5 Å². The lowest BCUT2D eigenvalue weighted by Crippen LogP contribution is -2.51. The van der Waals surface area contributed by atoms with E-state index >= 15 is 0 Å². The van der Waals surface area contributed by atoms with Crippen molar-refractivity contribution in [2.45, 2.75) is 37.4 Å². The molecule has 1 aliphatic heterocycles. The van der Waals surface area contributed by atoms with E-state index in [0.717, 1.165) is 37.9 Å². The van der Waals surface area contributed by atoms with Crippen molar-refractivity contribution >= 4 is 6.03 Å². The molecule has 5 nitrogen and oxygen atoms in total.